The van der Waals surface area contributed by atoms with Gasteiger partial charge in [0.05, 0.1) is 17.3 Å². The summed E-state index contributed by atoms with van der Waals surface area (Å²) in [4.78, 5) is 55.0. The van der Waals surface area contributed by atoms with Crippen molar-refractivity contribution in [3.8, 4) is 0 Å². The number of aliphatic carboxylic acids is 1. The van der Waals surface area contributed by atoms with E-state index >= 15 is 0 Å². The predicted molar refractivity (Wildman–Crippen MR) is 153 cm³/mol. The number of nitrogens with one attached hydrogen (secondary N) is 3. The Hall–Kier alpha value is -4.12. The van der Waals surface area contributed by atoms with Gasteiger partial charge < -0.3 is 21.5 Å². The number of carboxylic acid groups (broad SMARTS) is 1. The topological polar surface area (TPSA) is 163 Å². The first-order valence-corrected chi connectivity index (χ1v) is 14.4. The SMILES string of the molecule is NC(CSNC(=O)C(CCC(F)(F)F)C(CCC(F)(F)F)C(=O)NC1N=C(c2ccccc2)c2ccccc2NC1=O)C(=O)O. The maximum atomic E-state index is 13.6. The van der Waals surface area contributed by atoms with E-state index < -0.39 is 91.5 Å². The molecule has 1 heterocycles. The van der Waals surface area contributed by atoms with Crippen molar-refractivity contribution in [2.24, 2.45) is 22.6 Å². The quantitative estimate of drug-likeness (QED) is 0.160. The Balaban J connectivity index is 1.96. The van der Waals surface area contributed by atoms with Crippen LogP contribution >= 0.6 is 11.9 Å². The molecule has 10 nitrogen and oxygen atoms in total. The van der Waals surface area contributed by atoms with Gasteiger partial charge in [-0.3, -0.25) is 23.9 Å². The smallest absolute Gasteiger partial charge is 0.389 e. The van der Waals surface area contributed by atoms with Gasteiger partial charge in [0.15, 0.2) is 0 Å². The highest BCUT2D eigenvalue weighted by atomic mass is 32.2. The third kappa shape index (κ3) is 10.8. The second kappa shape index (κ2) is 15.2. The summed E-state index contributed by atoms with van der Waals surface area (Å²) in [5.41, 5.74) is 6.88. The number of benzodiazepines with no additional fused rings is 1. The molecule has 0 fully saturated rings. The number of halogens is 6. The molecule has 2 aromatic carbocycles. The van der Waals surface area contributed by atoms with Crippen LogP contribution in [0.5, 0.6) is 0 Å². The summed E-state index contributed by atoms with van der Waals surface area (Å²) in [5, 5.41) is 13.7. The number of carbonyl (C=O) groups is 4. The second-order valence-electron chi connectivity index (χ2n) is 10.0. The molecule has 0 spiro atoms. The van der Waals surface area contributed by atoms with E-state index in [2.05, 4.69) is 20.3 Å². The van der Waals surface area contributed by atoms with Gasteiger partial charge in [0.1, 0.15) is 6.04 Å². The molecular formula is C28H29F6N5O5S. The molecule has 0 aromatic heterocycles. The Bertz CT molecular complexity index is 1410. The van der Waals surface area contributed by atoms with Gasteiger partial charge in [-0.1, -0.05) is 48.5 Å². The zero-order valence-electron chi connectivity index (χ0n) is 23.3. The molecule has 0 saturated carbocycles. The van der Waals surface area contributed by atoms with E-state index in [1.54, 1.807) is 54.6 Å². The van der Waals surface area contributed by atoms with Crippen LogP contribution in [0.3, 0.4) is 0 Å². The molecule has 1 aliphatic heterocycles. The van der Waals surface area contributed by atoms with Crippen molar-refractivity contribution in [2.45, 2.75) is 50.2 Å². The summed E-state index contributed by atoms with van der Waals surface area (Å²) in [6, 6.07) is 13.5. The van der Waals surface area contributed by atoms with E-state index in [1.807, 2.05) is 0 Å². The molecule has 3 amide bonds. The average molecular weight is 662 g/mol. The van der Waals surface area contributed by atoms with Crippen molar-refractivity contribution in [1.82, 2.24) is 10.0 Å². The first-order valence-electron chi connectivity index (χ1n) is 13.4. The molecule has 4 atom stereocenters. The van der Waals surface area contributed by atoms with Gasteiger partial charge in [0, 0.05) is 35.6 Å². The summed E-state index contributed by atoms with van der Waals surface area (Å²) in [7, 11) is 0. The van der Waals surface area contributed by atoms with Crippen LogP contribution in [0.1, 0.15) is 36.8 Å². The highest BCUT2D eigenvalue weighted by molar-refractivity contribution is 7.98. The van der Waals surface area contributed by atoms with Crippen LogP contribution in [-0.2, 0) is 19.2 Å². The van der Waals surface area contributed by atoms with E-state index in [0.29, 0.717) is 28.8 Å². The minimum atomic E-state index is -4.84. The molecule has 2 aromatic rings. The molecule has 17 heteroatoms. The second-order valence-corrected chi connectivity index (χ2v) is 10.9. The van der Waals surface area contributed by atoms with Crippen molar-refractivity contribution >= 4 is 47.0 Å². The zero-order chi connectivity index (χ0) is 33.4. The third-order valence-corrected chi connectivity index (χ3v) is 7.53. The molecule has 0 radical (unpaired) electrons. The Morgan fingerprint density at radius 3 is 2.04 bits per heavy atom. The molecule has 0 saturated heterocycles. The fourth-order valence-corrected chi connectivity index (χ4v) is 5.14. The van der Waals surface area contributed by atoms with Crippen LogP contribution in [-0.4, -0.2) is 64.8 Å². The number of fused-ring (bicyclic) bond motifs is 1. The van der Waals surface area contributed by atoms with Gasteiger partial charge in [-0.15, -0.1) is 0 Å². The van der Waals surface area contributed by atoms with Crippen LogP contribution in [0, 0.1) is 11.8 Å². The van der Waals surface area contributed by atoms with Gasteiger partial charge in [0.25, 0.3) is 5.91 Å². The largest absolute Gasteiger partial charge is 0.480 e. The van der Waals surface area contributed by atoms with Crippen LogP contribution in [0.25, 0.3) is 0 Å². The molecule has 0 aliphatic carbocycles. The summed E-state index contributed by atoms with van der Waals surface area (Å²) in [6.07, 6.45) is -16.8. The van der Waals surface area contributed by atoms with E-state index in [-0.39, 0.29) is 5.71 Å². The van der Waals surface area contributed by atoms with E-state index in [0.717, 1.165) is 0 Å². The first kappa shape index (κ1) is 35.4. The fraction of sp³-hybridized carbons (Fsp3) is 0.393. The Morgan fingerprint density at radius 1 is 0.911 bits per heavy atom. The molecule has 6 N–H and O–H groups in total. The first-order chi connectivity index (χ1) is 21.1. The number of amides is 3. The Morgan fingerprint density at radius 2 is 1.47 bits per heavy atom. The lowest BCUT2D eigenvalue weighted by atomic mass is 9.83. The van der Waals surface area contributed by atoms with Crippen molar-refractivity contribution in [3.63, 3.8) is 0 Å². The third-order valence-electron chi connectivity index (χ3n) is 6.66. The van der Waals surface area contributed by atoms with E-state index in [1.165, 1.54) is 0 Å². The molecular weight excluding hydrogens is 632 g/mol. The maximum Gasteiger partial charge on any atom is 0.389 e. The average Bonchev–Trinajstić information content (AvgIpc) is 3.09. The molecule has 1 aliphatic rings. The minimum Gasteiger partial charge on any atom is -0.480 e. The van der Waals surface area contributed by atoms with Crippen molar-refractivity contribution < 1.29 is 50.6 Å². The number of carbonyl (C=O) groups excluding carboxylic acids is 3. The van der Waals surface area contributed by atoms with Crippen LogP contribution in [0.4, 0.5) is 32.0 Å². The van der Waals surface area contributed by atoms with E-state index in [9.17, 15) is 45.5 Å². The van der Waals surface area contributed by atoms with Crippen molar-refractivity contribution in [1.29, 1.82) is 0 Å². The Labute approximate surface area is 257 Å². The Kier molecular flexibility index (Phi) is 12.0. The maximum absolute atomic E-state index is 13.6. The highest BCUT2D eigenvalue weighted by Gasteiger charge is 2.41. The molecule has 45 heavy (non-hydrogen) atoms. The van der Waals surface area contributed by atoms with Crippen molar-refractivity contribution in [3.05, 3.63) is 65.7 Å². The van der Waals surface area contributed by atoms with Crippen LogP contribution in [0.2, 0.25) is 0 Å². The predicted octanol–water partition coefficient (Wildman–Crippen LogP) is 4.01. The molecule has 244 valence electrons. The number of para-hydroxylation sites is 1. The van der Waals surface area contributed by atoms with E-state index in [4.69, 9.17) is 10.8 Å². The van der Waals surface area contributed by atoms with Crippen molar-refractivity contribution in [2.75, 3.05) is 11.1 Å². The lowest BCUT2D eigenvalue weighted by molar-refractivity contribution is -0.152. The van der Waals surface area contributed by atoms with Gasteiger partial charge in [-0.05, 0) is 30.9 Å². The minimum absolute atomic E-state index is 0.235. The molecule has 0 bridgehead atoms. The number of nitrogens with zero attached hydrogens (tertiary/aromatic N) is 1. The summed E-state index contributed by atoms with van der Waals surface area (Å²) >= 11 is 0.415. The fourth-order valence-electron chi connectivity index (χ4n) is 4.44. The number of hydrogen-bond donors (Lipinski definition) is 5. The number of rotatable bonds is 13. The molecule has 4 unspecified atom stereocenters. The summed E-state index contributed by atoms with van der Waals surface area (Å²) < 4.78 is 81.5. The number of hydrogen-bond acceptors (Lipinski definition) is 7. The number of carboxylic acids is 1. The van der Waals surface area contributed by atoms with Gasteiger partial charge in [0.2, 0.25) is 18.0 Å². The van der Waals surface area contributed by atoms with Gasteiger partial charge >= 0.3 is 18.3 Å². The number of anilines is 1. The summed E-state index contributed by atoms with van der Waals surface area (Å²) in [6.45, 7) is 0. The standard InChI is InChI=1S/C28H29F6N5O5S/c29-27(30,31)12-10-16(17(11-13-28(32,33)34)24(41)39-45-14-19(35)26(43)44)23(40)38-22-25(42)36-20-9-5-4-8-18(20)21(37-22)15-6-2-1-3-7-15/h1-9,16-17,19,22H,10-14,35H2,(H,36,42)(H,38,40)(H,39,41)(H,43,44). The number of aliphatic imine (C=N–C) groups is 1. The summed E-state index contributed by atoms with van der Waals surface area (Å²) in [5.74, 6) is -9.24. The van der Waals surface area contributed by atoms with Crippen LogP contribution < -0.4 is 21.1 Å². The monoisotopic (exact) mass is 661 g/mol. The number of benzene rings is 2. The van der Waals surface area contributed by atoms with Gasteiger partial charge in [-0.25, -0.2) is 4.99 Å². The normalized spacial score (nSPS) is 17.1. The van der Waals surface area contributed by atoms with Gasteiger partial charge in [-0.2, -0.15) is 26.3 Å². The van der Waals surface area contributed by atoms with Crippen LogP contribution in [0.15, 0.2) is 59.6 Å². The zero-order valence-corrected chi connectivity index (χ0v) is 24.1. The molecule has 3 rings (SSSR count). The number of alkyl halides is 6. The number of nitrogens with two attached hydrogens (primary N) is 1. The lowest BCUT2D eigenvalue weighted by Crippen LogP contribution is -2.48. The lowest BCUT2D eigenvalue weighted by Gasteiger charge is -2.27. The highest BCUT2D eigenvalue weighted by Crippen LogP contribution is 2.33.